The highest BCUT2D eigenvalue weighted by atomic mass is 19.1. The summed E-state index contributed by atoms with van der Waals surface area (Å²) in [5.74, 6) is 1.03. The van der Waals surface area contributed by atoms with Gasteiger partial charge in [0.15, 0.2) is 11.5 Å². The second kappa shape index (κ2) is 8.47. The molecular formula is C21H22FN7O. The number of nitriles is 1. The Bertz CT molecular complexity index is 1070. The van der Waals surface area contributed by atoms with Gasteiger partial charge in [-0.3, -0.25) is 5.10 Å². The molecule has 154 valence electrons. The van der Waals surface area contributed by atoms with Gasteiger partial charge in [0.1, 0.15) is 29.6 Å². The number of aryl methyl sites for hydroxylation is 1. The number of aromatic nitrogens is 4. The molecule has 1 aromatic carbocycles. The topological polar surface area (TPSA) is 112 Å². The standard InChI is InChI=1S/C21H22FN7O/c1-12-3-6-17(30-15-5-4-13(7-15)24-2)20(21(12)22)16-8-18(29-28-16)27-19-11-25-14(9-23)10-26-19/h3,6,8,10-11,13,15,24H,4-5,7H2,1-2H3,(H2,26,27,28,29)/t13-,15-/m1/s1. The fourth-order valence-electron chi connectivity index (χ4n) is 3.60. The molecular weight excluding hydrogens is 385 g/mol. The molecule has 0 radical (unpaired) electrons. The van der Waals surface area contributed by atoms with E-state index in [2.05, 4.69) is 30.8 Å². The summed E-state index contributed by atoms with van der Waals surface area (Å²) in [6, 6.07) is 7.56. The summed E-state index contributed by atoms with van der Waals surface area (Å²) >= 11 is 0. The average Bonchev–Trinajstić information content (AvgIpc) is 3.41. The maximum Gasteiger partial charge on any atom is 0.158 e. The molecule has 9 heteroatoms. The Morgan fingerprint density at radius 1 is 1.23 bits per heavy atom. The molecule has 0 unspecified atom stereocenters. The summed E-state index contributed by atoms with van der Waals surface area (Å²) in [4.78, 5) is 8.06. The van der Waals surface area contributed by atoms with Gasteiger partial charge < -0.3 is 15.4 Å². The van der Waals surface area contributed by atoms with Crippen LogP contribution in [-0.2, 0) is 0 Å². The molecule has 1 aliphatic carbocycles. The van der Waals surface area contributed by atoms with Gasteiger partial charge in [-0.2, -0.15) is 10.4 Å². The number of aromatic amines is 1. The molecule has 1 aliphatic rings. The van der Waals surface area contributed by atoms with Gasteiger partial charge in [0.2, 0.25) is 0 Å². The first kappa shape index (κ1) is 19.8. The lowest BCUT2D eigenvalue weighted by Crippen LogP contribution is -2.23. The van der Waals surface area contributed by atoms with Crippen LogP contribution < -0.4 is 15.4 Å². The van der Waals surface area contributed by atoms with Gasteiger partial charge in [0.05, 0.1) is 23.7 Å². The number of halogens is 1. The molecule has 0 saturated heterocycles. The highest BCUT2D eigenvalue weighted by molar-refractivity contribution is 5.72. The van der Waals surface area contributed by atoms with E-state index >= 15 is 4.39 Å². The van der Waals surface area contributed by atoms with Crippen molar-refractivity contribution in [2.24, 2.45) is 0 Å². The predicted octanol–water partition coefficient (Wildman–Crippen LogP) is 3.45. The van der Waals surface area contributed by atoms with E-state index in [0.717, 1.165) is 19.3 Å². The summed E-state index contributed by atoms with van der Waals surface area (Å²) in [7, 11) is 1.95. The number of H-pyrrole nitrogens is 1. The van der Waals surface area contributed by atoms with Crippen LogP contribution in [0.4, 0.5) is 16.0 Å². The van der Waals surface area contributed by atoms with Gasteiger partial charge in [-0.1, -0.05) is 6.07 Å². The number of rotatable bonds is 6. The first-order valence-electron chi connectivity index (χ1n) is 9.75. The minimum Gasteiger partial charge on any atom is -0.490 e. The van der Waals surface area contributed by atoms with Gasteiger partial charge in [-0.15, -0.1) is 0 Å². The number of nitrogens with zero attached hydrogens (tertiary/aromatic N) is 4. The van der Waals surface area contributed by atoms with Gasteiger partial charge in [0.25, 0.3) is 0 Å². The van der Waals surface area contributed by atoms with Crippen molar-refractivity contribution in [3.05, 3.63) is 47.7 Å². The van der Waals surface area contributed by atoms with E-state index in [4.69, 9.17) is 10.00 Å². The largest absolute Gasteiger partial charge is 0.490 e. The number of hydrogen-bond donors (Lipinski definition) is 3. The van der Waals surface area contributed by atoms with Gasteiger partial charge in [-0.05, 0) is 44.9 Å². The van der Waals surface area contributed by atoms with E-state index in [1.807, 2.05) is 13.1 Å². The Balaban J connectivity index is 1.58. The highest BCUT2D eigenvalue weighted by Crippen LogP contribution is 2.36. The van der Waals surface area contributed by atoms with Crippen molar-refractivity contribution in [3.63, 3.8) is 0 Å². The fraction of sp³-hybridized carbons (Fsp3) is 0.333. The first-order chi connectivity index (χ1) is 14.6. The third kappa shape index (κ3) is 4.09. The average molecular weight is 407 g/mol. The maximum atomic E-state index is 15.1. The van der Waals surface area contributed by atoms with Crippen LogP contribution in [0.1, 0.15) is 30.5 Å². The van der Waals surface area contributed by atoms with E-state index < -0.39 is 0 Å². The van der Waals surface area contributed by atoms with Crippen molar-refractivity contribution in [2.45, 2.75) is 38.3 Å². The second-order valence-corrected chi connectivity index (χ2v) is 7.30. The predicted molar refractivity (Wildman–Crippen MR) is 110 cm³/mol. The monoisotopic (exact) mass is 407 g/mol. The Hall–Kier alpha value is -3.51. The van der Waals surface area contributed by atoms with Crippen molar-refractivity contribution in [2.75, 3.05) is 12.4 Å². The van der Waals surface area contributed by atoms with E-state index in [0.29, 0.717) is 40.2 Å². The van der Waals surface area contributed by atoms with Crippen molar-refractivity contribution < 1.29 is 9.13 Å². The van der Waals surface area contributed by atoms with Gasteiger partial charge in [0, 0.05) is 12.1 Å². The third-order valence-corrected chi connectivity index (χ3v) is 5.25. The van der Waals surface area contributed by atoms with Crippen LogP contribution in [0, 0.1) is 24.1 Å². The van der Waals surface area contributed by atoms with Crippen LogP contribution >= 0.6 is 0 Å². The van der Waals surface area contributed by atoms with Crippen LogP contribution in [-0.4, -0.2) is 39.4 Å². The molecule has 2 atom stereocenters. The van der Waals surface area contributed by atoms with Crippen molar-refractivity contribution in [1.82, 2.24) is 25.5 Å². The van der Waals surface area contributed by atoms with Crippen LogP contribution in [0.25, 0.3) is 11.3 Å². The maximum absolute atomic E-state index is 15.1. The molecule has 2 aromatic heterocycles. The lowest BCUT2D eigenvalue weighted by molar-refractivity contribution is 0.207. The highest BCUT2D eigenvalue weighted by Gasteiger charge is 2.27. The number of benzene rings is 1. The Kier molecular flexibility index (Phi) is 5.59. The minimum atomic E-state index is -0.343. The fourth-order valence-corrected chi connectivity index (χ4v) is 3.60. The van der Waals surface area contributed by atoms with Gasteiger partial charge >= 0.3 is 0 Å². The second-order valence-electron chi connectivity index (χ2n) is 7.30. The Morgan fingerprint density at radius 3 is 2.80 bits per heavy atom. The van der Waals surface area contributed by atoms with Gasteiger partial charge in [-0.25, -0.2) is 14.4 Å². The zero-order valence-electron chi connectivity index (χ0n) is 16.7. The molecule has 0 aliphatic heterocycles. The molecule has 1 fully saturated rings. The minimum absolute atomic E-state index is 0.0396. The quantitative estimate of drug-likeness (QED) is 0.574. The molecule has 1 saturated carbocycles. The molecule has 0 spiro atoms. The molecule has 2 heterocycles. The van der Waals surface area contributed by atoms with E-state index in [9.17, 15) is 0 Å². The number of ether oxygens (including phenoxy) is 1. The van der Waals surface area contributed by atoms with Crippen LogP contribution in [0.3, 0.4) is 0 Å². The van der Waals surface area contributed by atoms with Crippen molar-refractivity contribution in [3.8, 4) is 23.1 Å². The molecule has 0 bridgehead atoms. The number of anilines is 2. The zero-order chi connectivity index (χ0) is 21.1. The summed E-state index contributed by atoms with van der Waals surface area (Å²) < 4.78 is 21.3. The summed E-state index contributed by atoms with van der Waals surface area (Å²) in [5, 5.41) is 22.1. The van der Waals surface area contributed by atoms with Crippen LogP contribution in [0.5, 0.6) is 5.75 Å². The zero-order valence-corrected chi connectivity index (χ0v) is 16.7. The third-order valence-electron chi connectivity index (χ3n) is 5.25. The van der Waals surface area contributed by atoms with E-state index in [-0.39, 0.29) is 17.6 Å². The molecule has 3 N–H and O–H groups in total. The normalized spacial score (nSPS) is 18.2. The SMILES string of the molecule is CN[C@@H]1CC[C@@H](Oc2ccc(C)c(F)c2-c2cc(Nc3cnc(C#N)cn3)n[nH]2)C1. The van der Waals surface area contributed by atoms with E-state index in [1.54, 1.807) is 25.1 Å². The molecule has 8 nitrogen and oxygen atoms in total. The summed E-state index contributed by atoms with van der Waals surface area (Å²) in [6.07, 6.45) is 5.69. The molecule has 3 aromatic rings. The molecule has 0 amide bonds. The van der Waals surface area contributed by atoms with Crippen LogP contribution in [0.15, 0.2) is 30.6 Å². The first-order valence-corrected chi connectivity index (χ1v) is 9.75. The van der Waals surface area contributed by atoms with Crippen molar-refractivity contribution in [1.29, 1.82) is 5.26 Å². The Labute approximate surface area is 173 Å². The smallest absolute Gasteiger partial charge is 0.158 e. The Morgan fingerprint density at radius 2 is 2.10 bits per heavy atom. The summed E-state index contributed by atoms with van der Waals surface area (Å²) in [5.41, 5.74) is 1.60. The number of nitrogens with one attached hydrogen (secondary N) is 3. The van der Waals surface area contributed by atoms with Crippen LogP contribution in [0.2, 0.25) is 0 Å². The molecule has 30 heavy (non-hydrogen) atoms. The number of hydrogen-bond acceptors (Lipinski definition) is 7. The lowest BCUT2D eigenvalue weighted by Gasteiger charge is -2.18. The van der Waals surface area contributed by atoms with E-state index in [1.165, 1.54) is 12.4 Å². The summed E-state index contributed by atoms with van der Waals surface area (Å²) in [6.45, 7) is 1.72. The molecule has 4 rings (SSSR count). The van der Waals surface area contributed by atoms with Crippen molar-refractivity contribution >= 4 is 11.6 Å². The lowest BCUT2D eigenvalue weighted by atomic mass is 10.1.